The number of aromatic amines is 1. The smallest absolute Gasteiger partial charge is 0.330 e. The Kier molecular flexibility index (Phi) is 7.55. The molecule has 8 nitrogen and oxygen atoms in total. The molecule has 3 aromatic rings. The molecule has 0 saturated carbocycles. The molecule has 3 N–H and O–H groups in total. The number of nitrogen functional groups attached to an aromatic ring is 1. The first-order valence-corrected chi connectivity index (χ1v) is 12.0. The lowest BCUT2D eigenvalue weighted by molar-refractivity contribution is -0.116. The van der Waals surface area contributed by atoms with E-state index in [1.807, 2.05) is 45.0 Å². The summed E-state index contributed by atoms with van der Waals surface area (Å²) in [6.07, 6.45) is 1.55. The van der Waals surface area contributed by atoms with Gasteiger partial charge in [0.2, 0.25) is 5.91 Å². The summed E-state index contributed by atoms with van der Waals surface area (Å²) >= 11 is 2.86. The predicted molar refractivity (Wildman–Crippen MR) is 128 cm³/mol. The van der Waals surface area contributed by atoms with Crippen LogP contribution >= 0.6 is 23.1 Å². The van der Waals surface area contributed by atoms with Crippen LogP contribution in [0.2, 0.25) is 0 Å². The van der Waals surface area contributed by atoms with Crippen molar-refractivity contribution < 1.29 is 4.79 Å². The molecule has 0 aliphatic heterocycles. The van der Waals surface area contributed by atoms with Crippen molar-refractivity contribution in [2.45, 2.75) is 44.5 Å². The zero-order valence-corrected chi connectivity index (χ0v) is 19.5. The van der Waals surface area contributed by atoms with E-state index in [1.54, 1.807) is 0 Å². The molecule has 0 unspecified atom stereocenters. The SMILES string of the molecule is CCCCN(C(=O)CSc1nc2ccccc2s1)c1c(N)n(CC(C)C)c(=O)[nH]c1=O. The number of hydrogen-bond donors (Lipinski definition) is 2. The van der Waals surface area contributed by atoms with Gasteiger partial charge in [0.1, 0.15) is 5.82 Å². The highest BCUT2D eigenvalue weighted by Gasteiger charge is 2.24. The van der Waals surface area contributed by atoms with Crippen molar-refractivity contribution in [3.63, 3.8) is 0 Å². The summed E-state index contributed by atoms with van der Waals surface area (Å²) in [6, 6.07) is 7.80. The Bertz CT molecular complexity index is 1150. The Morgan fingerprint density at radius 2 is 2.06 bits per heavy atom. The van der Waals surface area contributed by atoms with Gasteiger partial charge < -0.3 is 10.6 Å². The number of thioether (sulfide) groups is 1. The standard InChI is InChI=1S/C21H27N5O3S2/c1-4-5-10-25(17-18(22)26(11-13(2)3)20(29)24-19(17)28)16(27)12-30-21-23-14-8-6-7-9-15(14)31-21/h6-9,13H,4-5,10-12,22H2,1-3H3,(H,24,28,29). The predicted octanol–water partition coefficient (Wildman–Crippen LogP) is 3.31. The number of carbonyl (C=O) groups is 1. The first kappa shape index (κ1) is 23.1. The number of hydrogen-bond acceptors (Lipinski definition) is 7. The highest BCUT2D eigenvalue weighted by Crippen LogP contribution is 2.30. The quantitative estimate of drug-likeness (QED) is 0.473. The van der Waals surface area contributed by atoms with Crippen molar-refractivity contribution in [1.29, 1.82) is 0 Å². The zero-order valence-electron chi connectivity index (χ0n) is 17.9. The monoisotopic (exact) mass is 461 g/mol. The van der Waals surface area contributed by atoms with E-state index in [4.69, 9.17) is 5.73 Å². The number of carbonyl (C=O) groups excluding carboxylic acids is 1. The summed E-state index contributed by atoms with van der Waals surface area (Å²) in [5.41, 5.74) is 5.97. The van der Waals surface area contributed by atoms with Gasteiger partial charge in [0, 0.05) is 13.1 Å². The summed E-state index contributed by atoms with van der Waals surface area (Å²) in [5.74, 6) is 0.0424. The van der Waals surface area contributed by atoms with Gasteiger partial charge in [-0.3, -0.25) is 19.1 Å². The van der Waals surface area contributed by atoms with Crippen molar-refractivity contribution in [2.24, 2.45) is 5.92 Å². The number of H-pyrrole nitrogens is 1. The Balaban J connectivity index is 1.89. The van der Waals surface area contributed by atoms with Crippen LogP contribution in [0.15, 0.2) is 38.2 Å². The van der Waals surface area contributed by atoms with Crippen LogP contribution in [0, 0.1) is 5.92 Å². The van der Waals surface area contributed by atoms with Crippen LogP contribution in [0.3, 0.4) is 0 Å². The number of amides is 1. The number of para-hydroxylation sites is 1. The summed E-state index contributed by atoms with van der Waals surface area (Å²) in [4.78, 5) is 46.3. The third-order valence-corrected chi connectivity index (χ3v) is 6.83. The molecule has 0 spiro atoms. The largest absolute Gasteiger partial charge is 0.383 e. The maximum Gasteiger partial charge on any atom is 0.330 e. The van der Waals surface area contributed by atoms with E-state index in [-0.39, 0.29) is 29.1 Å². The van der Waals surface area contributed by atoms with Crippen LogP contribution in [-0.2, 0) is 11.3 Å². The molecular weight excluding hydrogens is 434 g/mol. The summed E-state index contributed by atoms with van der Waals surface area (Å²) in [6.45, 7) is 6.61. The van der Waals surface area contributed by atoms with Crippen LogP contribution in [0.4, 0.5) is 11.5 Å². The van der Waals surface area contributed by atoms with E-state index in [2.05, 4.69) is 9.97 Å². The molecule has 0 saturated heterocycles. The summed E-state index contributed by atoms with van der Waals surface area (Å²) in [5, 5.41) is 0. The topological polar surface area (TPSA) is 114 Å². The van der Waals surface area contributed by atoms with Crippen molar-refractivity contribution in [1.82, 2.24) is 14.5 Å². The fraction of sp³-hybridized carbons (Fsp3) is 0.429. The molecule has 1 amide bonds. The van der Waals surface area contributed by atoms with Gasteiger partial charge >= 0.3 is 5.69 Å². The first-order chi connectivity index (χ1) is 14.8. The van der Waals surface area contributed by atoms with Gasteiger partial charge in [-0.05, 0) is 24.5 Å². The number of benzene rings is 1. The maximum atomic E-state index is 13.1. The number of unbranched alkanes of at least 4 members (excludes halogenated alkanes) is 1. The number of nitrogens with zero attached hydrogens (tertiary/aromatic N) is 3. The normalized spacial score (nSPS) is 11.4. The van der Waals surface area contributed by atoms with Crippen LogP contribution in [0.1, 0.15) is 33.6 Å². The molecular formula is C21H27N5O3S2. The summed E-state index contributed by atoms with van der Waals surface area (Å²) < 4.78 is 3.17. The minimum atomic E-state index is -0.642. The molecule has 1 aromatic carbocycles. The van der Waals surface area contributed by atoms with Gasteiger partial charge in [0.25, 0.3) is 5.56 Å². The Labute approximate surface area is 188 Å². The average molecular weight is 462 g/mol. The van der Waals surface area contributed by atoms with Gasteiger partial charge in [-0.15, -0.1) is 11.3 Å². The lowest BCUT2D eigenvalue weighted by atomic mass is 10.2. The van der Waals surface area contributed by atoms with E-state index in [1.165, 1.54) is 32.6 Å². The van der Waals surface area contributed by atoms with Crippen LogP contribution in [0.25, 0.3) is 10.2 Å². The van der Waals surface area contributed by atoms with Crippen molar-refractivity contribution in [3.05, 3.63) is 45.1 Å². The van der Waals surface area contributed by atoms with E-state index in [0.29, 0.717) is 19.5 Å². The molecule has 2 heterocycles. The second-order valence-corrected chi connectivity index (χ2v) is 9.89. The molecule has 0 aliphatic rings. The van der Waals surface area contributed by atoms with Gasteiger partial charge in [-0.1, -0.05) is 51.1 Å². The Morgan fingerprint density at radius 1 is 1.32 bits per heavy atom. The Hall–Kier alpha value is -2.59. The highest BCUT2D eigenvalue weighted by molar-refractivity contribution is 8.01. The zero-order chi connectivity index (χ0) is 22.5. The molecule has 166 valence electrons. The molecule has 2 aromatic heterocycles. The molecule has 0 bridgehead atoms. The minimum absolute atomic E-state index is 0.0249. The lowest BCUT2D eigenvalue weighted by Gasteiger charge is -2.24. The number of nitrogens with one attached hydrogen (secondary N) is 1. The van der Waals surface area contributed by atoms with Crippen molar-refractivity contribution >= 4 is 50.7 Å². The van der Waals surface area contributed by atoms with Gasteiger partial charge in [0.15, 0.2) is 10.0 Å². The molecule has 3 rings (SSSR count). The van der Waals surface area contributed by atoms with E-state index in [0.717, 1.165) is 21.0 Å². The fourth-order valence-electron chi connectivity index (χ4n) is 3.18. The third-order valence-electron chi connectivity index (χ3n) is 4.66. The van der Waals surface area contributed by atoms with E-state index < -0.39 is 11.2 Å². The number of fused-ring (bicyclic) bond motifs is 1. The van der Waals surface area contributed by atoms with Crippen LogP contribution in [0.5, 0.6) is 0 Å². The van der Waals surface area contributed by atoms with Crippen molar-refractivity contribution in [3.8, 4) is 0 Å². The molecule has 0 radical (unpaired) electrons. The lowest BCUT2D eigenvalue weighted by Crippen LogP contribution is -2.42. The van der Waals surface area contributed by atoms with E-state index in [9.17, 15) is 14.4 Å². The van der Waals surface area contributed by atoms with Gasteiger partial charge in [-0.2, -0.15) is 0 Å². The van der Waals surface area contributed by atoms with Gasteiger partial charge in [0.05, 0.1) is 16.0 Å². The van der Waals surface area contributed by atoms with Crippen LogP contribution in [-0.4, -0.2) is 32.7 Å². The Morgan fingerprint density at radius 3 is 2.74 bits per heavy atom. The maximum absolute atomic E-state index is 13.1. The first-order valence-electron chi connectivity index (χ1n) is 10.2. The number of rotatable bonds is 9. The second-order valence-electron chi connectivity index (χ2n) is 7.63. The number of anilines is 2. The molecule has 10 heteroatoms. The minimum Gasteiger partial charge on any atom is -0.383 e. The molecule has 0 fully saturated rings. The third kappa shape index (κ3) is 5.37. The summed E-state index contributed by atoms with van der Waals surface area (Å²) in [7, 11) is 0. The number of thiazole rings is 1. The molecule has 0 atom stereocenters. The average Bonchev–Trinajstić information content (AvgIpc) is 3.14. The highest BCUT2D eigenvalue weighted by atomic mass is 32.2. The fourth-order valence-corrected chi connectivity index (χ4v) is 5.12. The van der Waals surface area contributed by atoms with Crippen molar-refractivity contribution in [2.75, 3.05) is 22.9 Å². The molecule has 31 heavy (non-hydrogen) atoms. The van der Waals surface area contributed by atoms with Gasteiger partial charge in [-0.25, -0.2) is 9.78 Å². The van der Waals surface area contributed by atoms with E-state index >= 15 is 0 Å². The molecule has 0 aliphatic carbocycles. The number of aromatic nitrogens is 3. The second kappa shape index (κ2) is 10.1. The van der Waals surface area contributed by atoms with Crippen LogP contribution < -0.4 is 21.9 Å². The number of nitrogens with two attached hydrogens (primary N) is 1.